The van der Waals surface area contributed by atoms with Crippen molar-refractivity contribution in [2.75, 3.05) is 20.3 Å². The van der Waals surface area contributed by atoms with Gasteiger partial charge >= 0.3 is 5.97 Å². The Morgan fingerprint density at radius 1 is 1.42 bits per heavy atom. The minimum Gasteiger partial charge on any atom is -0.469 e. The molecule has 0 atom stereocenters. The molecule has 0 fully saturated rings. The predicted octanol–water partition coefficient (Wildman–Crippen LogP) is -0.734. The molecule has 72 valence electrons. The van der Waals surface area contributed by atoms with Gasteiger partial charge in [0.25, 0.3) is 0 Å². The summed E-state index contributed by atoms with van der Waals surface area (Å²) in [4.78, 5) is 11.6. The van der Waals surface area contributed by atoms with Crippen molar-refractivity contribution in [1.82, 2.24) is 4.91 Å². The summed E-state index contributed by atoms with van der Waals surface area (Å²) < 4.78 is 4.11. The van der Waals surface area contributed by atoms with Gasteiger partial charge in [0.1, 0.15) is 11.1 Å². The molecule has 0 saturated carbocycles. The van der Waals surface area contributed by atoms with Crippen LogP contribution in [-0.2, 0) is 9.53 Å². The zero-order chi connectivity index (χ0) is 10.4. The first kappa shape index (κ1) is 17.0. The normalized spacial score (nSPS) is 6.00. The zero-order valence-corrected chi connectivity index (χ0v) is 7.07. The van der Waals surface area contributed by atoms with E-state index in [2.05, 4.69) is 4.74 Å². The smallest absolute Gasteiger partial charge is 0.302 e. The molecule has 0 heterocycles. The molecule has 0 amide bonds. The molecule has 7 nitrogen and oxygen atoms in total. The number of ether oxygens (including phenoxy) is 1. The Bertz CT molecular complexity index is 120. The molecule has 0 radical (unpaired) electrons. The standard InChI is InChI=1S/C3H6O2.C2H6O2.H2N3/c1-3(4)5-2;3-1-2-4;1-3-2/h1-2H3;3-4H,1-2H2;1-2H/q;;+1. The number of esters is 1. The number of aliphatic hydroxyl groups excluding tert-OH is 2. The maximum Gasteiger partial charge on any atom is 0.302 e. The van der Waals surface area contributed by atoms with E-state index in [0.29, 0.717) is 0 Å². The van der Waals surface area contributed by atoms with E-state index < -0.39 is 0 Å². The Balaban J connectivity index is -0.000000105. The second-order valence-corrected chi connectivity index (χ2v) is 1.25. The van der Waals surface area contributed by atoms with Crippen LogP contribution in [0.3, 0.4) is 0 Å². The van der Waals surface area contributed by atoms with E-state index in [1.165, 1.54) is 14.0 Å². The second kappa shape index (κ2) is 22.6. The summed E-state index contributed by atoms with van der Waals surface area (Å²) in [6, 6.07) is 0. The summed E-state index contributed by atoms with van der Waals surface area (Å²) in [6.45, 7) is 1.11. The Hall–Kier alpha value is -1.30. The van der Waals surface area contributed by atoms with Crippen molar-refractivity contribution in [2.45, 2.75) is 6.92 Å². The van der Waals surface area contributed by atoms with Crippen LogP contribution in [0.25, 0.3) is 0 Å². The van der Waals surface area contributed by atoms with Crippen LogP contribution in [0.5, 0.6) is 0 Å². The van der Waals surface area contributed by atoms with Crippen LogP contribution in [0, 0.1) is 11.1 Å². The molecular weight excluding hydrogens is 166 g/mol. The SMILES string of the molecule is COC(C)=O.N=[N+]=N.OCCO. The number of hydrogen-bond donors (Lipinski definition) is 4. The van der Waals surface area contributed by atoms with Crippen LogP contribution in [0.1, 0.15) is 6.92 Å². The van der Waals surface area contributed by atoms with E-state index in [9.17, 15) is 4.79 Å². The number of nitrogens with zero attached hydrogens (tertiary/aromatic N) is 1. The van der Waals surface area contributed by atoms with Gasteiger partial charge in [-0.1, -0.05) is 0 Å². The molecule has 0 aromatic rings. The first-order valence-electron chi connectivity index (χ1n) is 2.90. The molecule has 0 aromatic heterocycles. The molecule has 0 unspecified atom stereocenters. The number of carbonyl (C=O) groups excluding carboxylic acids is 1. The van der Waals surface area contributed by atoms with Crippen molar-refractivity contribution < 1.29 is 19.7 Å². The van der Waals surface area contributed by atoms with Crippen LogP contribution in [0.4, 0.5) is 0 Å². The molecule has 7 heteroatoms. The highest BCUT2D eigenvalue weighted by Gasteiger charge is 1.75. The Morgan fingerprint density at radius 3 is 1.58 bits per heavy atom. The number of nitrogens with one attached hydrogen (secondary N) is 2. The van der Waals surface area contributed by atoms with Gasteiger partial charge in [0, 0.05) is 6.92 Å². The van der Waals surface area contributed by atoms with Crippen LogP contribution >= 0.6 is 0 Å². The molecule has 0 bridgehead atoms. The quantitative estimate of drug-likeness (QED) is 0.241. The maximum absolute atomic E-state index is 9.59. The van der Waals surface area contributed by atoms with Crippen LogP contribution < -0.4 is 4.91 Å². The molecule has 0 saturated heterocycles. The first-order valence-corrected chi connectivity index (χ1v) is 2.90. The van der Waals surface area contributed by atoms with Crippen LogP contribution in [-0.4, -0.2) is 36.5 Å². The van der Waals surface area contributed by atoms with Gasteiger partial charge in [0.2, 0.25) is 4.91 Å². The van der Waals surface area contributed by atoms with E-state index in [0.717, 1.165) is 0 Å². The Labute approximate surface area is 70.0 Å². The van der Waals surface area contributed by atoms with Crippen molar-refractivity contribution in [1.29, 1.82) is 11.1 Å². The third-order valence-corrected chi connectivity index (χ3v) is 0.387. The fraction of sp³-hybridized carbons (Fsp3) is 0.800. The summed E-state index contributed by atoms with van der Waals surface area (Å²) in [5.41, 5.74) is 11.0. The summed E-state index contributed by atoms with van der Waals surface area (Å²) in [7, 11) is 1.35. The van der Waals surface area contributed by atoms with Crippen molar-refractivity contribution in [3.63, 3.8) is 0 Å². The Kier molecular flexibility index (Phi) is 32.0. The van der Waals surface area contributed by atoms with E-state index in [4.69, 9.17) is 21.3 Å². The van der Waals surface area contributed by atoms with Gasteiger partial charge in [0.05, 0.1) is 20.3 Å². The fourth-order valence-electron chi connectivity index (χ4n) is 0. The highest BCUT2D eigenvalue weighted by Crippen LogP contribution is 1.60. The molecule has 0 aromatic carbocycles. The van der Waals surface area contributed by atoms with E-state index in [1.807, 2.05) is 4.91 Å². The van der Waals surface area contributed by atoms with Gasteiger partial charge in [0.15, 0.2) is 0 Å². The average molecular weight is 180 g/mol. The molecule has 0 aliphatic heterocycles. The van der Waals surface area contributed by atoms with Crippen LogP contribution in [0.15, 0.2) is 0 Å². The monoisotopic (exact) mass is 180 g/mol. The molecule has 0 rings (SSSR count). The first-order chi connectivity index (χ1) is 5.60. The Morgan fingerprint density at radius 2 is 1.58 bits per heavy atom. The van der Waals surface area contributed by atoms with Crippen molar-refractivity contribution in [2.24, 2.45) is 0 Å². The summed E-state index contributed by atoms with van der Waals surface area (Å²) in [5.74, 6) is -0.245. The highest BCUT2D eigenvalue weighted by atomic mass is 16.5. The summed E-state index contributed by atoms with van der Waals surface area (Å²) in [6.07, 6.45) is 0. The third-order valence-electron chi connectivity index (χ3n) is 0.387. The number of rotatable bonds is 1. The lowest BCUT2D eigenvalue weighted by atomic mass is 10.8. The molecule has 4 N–H and O–H groups in total. The summed E-state index contributed by atoms with van der Waals surface area (Å²) in [5, 5.41) is 15.2. The topological polar surface area (TPSA) is 129 Å². The van der Waals surface area contributed by atoms with Gasteiger partial charge in [-0.25, -0.2) is 0 Å². The van der Waals surface area contributed by atoms with Crippen molar-refractivity contribution in [3.05, 3.63) is 0 Å². The maximum atomic E-state index is 9.59. The van der Waals surface area contributed by atoms with Crippen LogP contribution in [0.2, 0.25) is 0 Å². The van der Waals surface area contributed by atoms with E-state index in [1.54, 1.807) is 0 Å². The predicted molar refractivity (Wildman–Crippen MR) is 39.4 cm³/mol. The molecule has 0 aliphatic carbocycles. The van der Waals surface area contributed by atoms with Gasteiger partial charge in [-0.15, -0.1) is 0 Å². The average Bonchev–Trinajstić information content (AvgIpc) is 2.06. The molecule has 12 heavy (non-hydrogen) atoms. The van der Waals surface area contributed by atoms with Crippen molar-refractivity contribution >= 4 is 5.97 Å². The molecular formula is C5H14N3O4+. The minimum absolute atomic E-state index is 0.125. The molecule has 0 spiro atoms. The number of hydrogen-bond acceptors (Lipinski definition) is 6. The van der Waals surface area contributed by atoms with Gasteiger partial charge in [-0.05, 0) is 0 Å². The second-order valence-electron chi connectivity index (χ2n) is 1.25. The highest BCUT2D eigenvalue weighted by molar-refractivity contribution is 5.65. The molecule has 0 aliphatic rings. The lowest BCUT2D eigenvalue weighted by Crippen LogP contribution is -1.88. The largest absolute Gasteiger partial charge is 0.469 e. The number of aliphatic hydroxyl groups is 2. The lowest BCUT2D eigenvalue weighted by Gasteiger charge is -1.80. The number of carbonyl (C=O) groups is 1. The van der Waals surface area contributed by atoms with E-state index >= 15 is 0 Å². The van der Waals surface area contributed by atoms with Gasteiger partial charge in [-0.3, -0.25) is 4.79 Å². The lowest BCUT2D eigenvalue weighted by molar-refractivity contribution is -0.137. The van der Waals surface area contributed by atoms with Gasteiger partial charge in [-0.2, -0.15) is 0 Å². The zero-order valence-electron chi connectivity index (χ0n) is 7.07. The minimum atomic E-state index is -0.245. The number of methoxy groups -OCH3 is 1. The van der Waals surface area contributed by atoms with Crippen molar-refractivity contribution in [3.8, 4) is 0 Å². The summed E-state index contributed by atoms with van der Waals surface area (Å²) >= 11 is 0. The van der Waals surface area contributed by atoms with E-state index in [-0.39, 0.29) is 19.2 Å². The fourth-order valence-corrected chi connectivity index (χ4v) is 0. The third kappa shape index (κ3) is 178. The van der Waals surface area contributed by atoms with Gasteiger partial charge < -0.3 is 14.9 Å².